The number of aromatic amines is 1. The zero-order chi connectivity index (χ0) is 11.4. The summed E-state index contributed by atoms with van der Waals surface area (Å²) in [5, 5.41) is 5.05. The average Bonchev–Trinajstić information content (AvgIpc) is 2.14. The maximum absolute atomic E-state index is 11.1. The monoisotopic (exact) mass is 276 g/mol. The van der Waals surface area contributed by atoms with E-state index < -0.39 is 11.2 Å². The Morgan fingerprint density at radius 2 is 2.27 bits per heavy atom. The molecule has 0 aliphatic carbocycles. The Bertz CT molecular complexity index is 516. The van der Waals surface area contributed by atoms with Crippen molar-refractivity contribution in [1.29, 1.82) is 0 Å². The van der Waals surface area contributed by atoms with Crippen LogP contribution in [-0.2, 0) is 0 Å². The minimum absolute atomic E-state index is 0.112. The van der Waals surface area contributed by atoms with E-state index in [0.717, 1.165) is 10.9 Å². The van der Waals surface area contributed by atoms with Crippen LogP contribution in [0.1, 0.15) is 0 Å². The molecule has 0 aromatic carbocycles. The molecular formula is C5H5BrN6O3. The van der Waals surface area contributed by atoms with Gasteiger partial charge >= 0.3 is 5.69 Å². The molecule has 0 spiro atoms. The topological polar surface area (TPSA) is 135 Å². The lowest BCUT2D eigenvalue weighted by Crippen LogP contribution is -2.40. The van der Waals surface area contributed by atoms with Gasteiger partial charge in [0.05, 0.1) is 11.5 Å². The summed E-state index contributed by atoms with van der Waals surface area (Å²) >= 11 is 2.90. The van der Waals surface area contributed by atoms with E-state index in [0.29, 0.717) is 0 Å². The molecule has 0 unspecified atom stereocenters. The van der Waals surface area contributed by atoms with Crippen LogP contribution in [0.2, 0.25) is 0 Å². The molecule has 0 saturated heterocycles. The number of nitrogens with one attached hydrogen (secondary N) is 2. The maximum Gasteiger partial charge on any atom is 0.347 e. The van der Waals surface area contributed by atoms with Crippen molar-refractivity contribution in [3.05, 3.63) is 36.4 Å². The second-order valence-corrected chi connectivity index (χ2v) is 3.14. The van der Waals surface area contributed by atoms with Crippen LogP contribution in [0.15, 0.2) is 30.6 Å². The Kier molecular flexibility index (Phi) is 3.33. The van der Waals surface area contributed by atoms with E-state index in [4.69, 9.17) is 5.73 Å². The number of hydrogen-bond acceptors (Lipinski definition) is 4. The first-order valence-corrected chi connectivity index (χ1v) is 4.28. The molecule has 0 fully saturated rings. The first-order chi connectivity index (χ1) is 7.04. The predicted octanol–water partition coefficient (Wildman–Crippen LogP) is -1.16. The molecule has 1 aromatic heterocycles. The molecule has 15 heavy (non-hydrogen) atoms. The van der Waals surface area contributed by atoms with Crippen LogP contribution in [0.3, 0.4) is 0 Å². The molecule has 0 aliphatic heterocycles. The number of H-pyrrole nitrogens is 1. The van der Waals surface area contributed by atoms with Crippen molar-refractivity contribution < 1.29 is 0 Å². The molecule has 0 radical (unpaired) electrons. The summed E-state index contributed by atoms with van der Waals surface area (Å²) in [5.74, 6) is -0.383. The fourth-order valence-electron chi connectivity index (χ4n) is 0.720. The number of guanidine groups is 1. The lowest BCUT2D eigenvalue weighted by atomic mass is 10.7. The van der Waals surface area contributed by atoms with E-state index >= 15 is 0 Å². The number of rotatable bonds is 2. The van der Waals surface area contributed by atoms with Gasteiger partial charge in [0.2, 0.25) is 5.96 Å². The molecule has 4 N–H and O–H groups in total. The first-order valence-electron chi connectivity index (χ1n) is 3.49. The Labute approximate surface area is 90.1 Å². The summed E-state index contributed by atoms with van der Waals surface area (Å²) in [6, 6.07) is 0. The van der Waals surface area contributed by atoms with Gasteiger partial charge in [-0.2, -0.15) is 0 Å². The van der Waals surface area contributed by atoms with E-state index in [1.807, 2.05) is 4.98 Å². The maximum atomic E-state index is 11.1. The molecule has 0 aliphatic rings. The van der Waals surface area contributed by atoms with Crippen molar-refractivity contribution in [1.82, 2.24) is 9.66 Å². The molecule has 1 aromatic rings. The van der Waals surface area contributed by atoms with E-state index in [2.05, 4.69) is 31.7 Å². The Morgan fingerprint density at radius 3 is 2.87 bits per heavy atom. The SMILES string of the molecule is NC(=NN=O)Nn1cc(Br)c(=O)[nH]c1=O. The van der Waals surface area contributed by atoms with Crippen LogP contribution in [0.5, 0.6) is 0 Å². The highest BCUT2D eigenvalue weighted by Gasteiger charge is 2.02. The molecule has 1 heterocycles. The van der Waals surface area contributed by atoms with Crippen LogP contribution >= 0.6 is 15.9 Å². The van der Waals surface area contributed by atoms with Crippen LogP contribution in [0, 0.1) is 4.91 Å². The standard InChI is InChI=1S/C5H5BrN6O3/c6-2-1-12(5(14)8-3(2)13)10-4(7)9-11-15/h1H,(H,8,13,14)(H3,7,9,10,15). The van der Waals surface area contributed by atoms with Crippen molar-refractivity contribution in [2.45, 2.75) is 0 Å². The van der Waals surface area contributed by atoms with Gasteiger partial charge in [0.25, 0.3) is 5.56 Å². The molecule has 0 amide bonds. The highest BCUT2D eigenvalue weighted by molar-refractivity contribution is 9.10. The number of halogens is 1. The summed E-state index contributed by atoms with van der Waals surface area (Å²) in [6.07, 6.45) is 1.13. The van der Waals surface area contributed by atoms with Gasteiger partial charge < -0.3 is 5.73 Å². The minimum Gasteiger partial charge on any atom is -0.367 e. The van der Waals surface area contributed by atoms with E-state index in [9.17, 15) is 14.5 Å². The van der Waals surface area contributed by atoms with Gasteiger partial charge in [-0.25, -0.2) is 9.47 Å². The summed E-state index contributed by atoms with van der Waals surface area (Å²) in [5.41, 5.74) is 6.03. The second-order valence-electron chi connectivity index (χ2n) is 2.29. The summed E-state index contributed by atoms with van der Waals surface area (Å²) in [4.78, 5) is 33.7. The van der Waals surface area contributed by atoms with Crippen LogP contribution in [-0.4, -0.2) is 15.6 Å². The van der Waals surface area contributed by atoms with E-state index in [1.54, 1.807) is 0 Å². The first kappa shape index (κ1) is 11.1. The molecule has 10 heteroatoms. The van der Waals surface area contributed by atoms with Crippen molar-refractivity contribution >= 4 is 21.9 Å². The number of nitrogens with two attached hydrogens (primary N) is 1. The second kappa shape index (κ2) is 4.50. The third kappa shape index (κ3) is 2.74. The molecule has 80 valence electrons. The molecule has 0 atom stereocenters. The quantitative estimate of drug-likeness (QED) is 0.271. The minimum atomic E-state index is -0.757. The van der Waals surface area contributed by atoms with Crippen LogP contribution in [0.4, 0.5) is 0 Å². The van der Waals surface area contributed by atoms with Crippen molar-refractivity contribution in [2.75, 3.05) is 5.43 Å². The Morgan fingerprint density at radius 1 is 1.60 bits per heavy atom. The number of hydrogen-bond donors (Lipinski definition) is 3. The number of nitroso groups, excluding NO2 is 1. The third-order valence-corrected chi connectivity index (χ3v) is 1.85. The number of aromatic nitrogens is 2. The molecule has 1 rings (SSSR count). The van der Waals surface area contributed by atoms with Crippen LogP contribution in [0.25, 0.3) is 0 Å². The highest BCUT2D eigenvalue weighted by atomic mass is 79.9. The number of nitrogens with zero attached hydrogens (tertiary/aromatic N) is 3. The predicted molar refractivity (Wildman–Crippen MR) is 55.8 cm³/mol. The molecule has 0 bridgehead atoms. The van der Waals surface area contributed by atoms with Crippen molar-refractivity contribution in [2.24, 2.45) is 16.1 Å². The lowest BCUT2D eigenvalue weighted by Gasteiger charge is -2.05. The van der Waals surface area contributed by atoms with Crippen molar-refractivity contribution in [3.8, 4) is 0 Å². The summed E-state index contributed by atoms with van der Waals surface area (Å²) in [6.45, 7) is 0. The molecular weight excluding hydrogens is 272 g/mol. The fourth-order valence-corrected chi connectivity index (χ4v) is 1.02. The Hall–Kier alpha value is -1.97. The average molecular weight is 277 g/mol. The lowest BCUT2D eigenvalue weighted by molar-refractivity contribution is 0.828. The van der Waals surface area contributed by atoms with Gasteiger partial charge in [-0.15, -0.1) is 4.91 Å². The van der Waals surface area contributed by atoms with E-state index in [-0.39, 0.29) is 10.4 Å². The highest BCUT2D eigenvalue weighted by Crippen LogP contribution is 1.96. The van der Waals surface area contributed by atoms with Gasteiger partial charge in [-0.1, -0.05) is 5.10 Å². The van der Waals surface area contributed by atoms with Crippen LogP contribution < -0.4 is 22.4 Å². The third-order valence-electron chi connectivity index (χ3n) is 1.28. The molecule has 9 nitrogen and oxygen atoms in total. The van der Waals surface area contributed by atoms with Gasteiger partial charge in [0.1, 0.15) is 4.47 Å². The van der Waals surface area contributed by atoms with E-state index in [1.165, 1.54) is 0 Å². The van der Waals surface area contributed by atoms with Gasteiger partial charge in [0.15, 0.2) is 0 Å². The van der Waals surface area contributed by atoms with Crippen molar-refractivity contribution in [3.63, 3.8) is 0 Å². The fraction of sp³-hybridized carbons (Fsp3) is 0. The molecule has 0 saturated carbocycles. The smallest absolute Gasteiger partial charge is 0.347 e. The van der Waals surface area contributed by atoms with Gasteiger partial charge in [-0.3, -0.25) is 15.2 Å². The zero-order valence-corrected chi connectivity index (χ0v) is 8.69. The summed E-state index contributed by atoms with van der Waals surface area (Å²) in [7, 11) is 0. The largest absolute Gasteiger partial charge is 0.367 e. The van der Waals surface area contributed by atoms with Gasteiger partial charge in [0, 0.05) is 0 Å². The summed E-state index contributed by atoms with van der Waals surface area (Å²) < 4.78 is 0.941. The Balaban J connectivity index is 3.12. The normalized spacial score (nSPS) is 11.1. The zero-order valence-electron chi connectivity index (χ0n) is 7.10. The van der Waals surface area contributed by atoms with Gasteiger partial charge in [-0.05, 0) is 15.9 Å².